The third kappa shape index (κ3) is 2.65. The maximum absolute atomic E-state index is 13.2. The van der Waals surface area contributed by atoms with Crippen LogP contribution in [-0.4, -0.2) is 29.9 Å². The molecule has 0 aliphatic carbocycles. The molecular formula is C14H17F3N2O. The Morgan fingerprint density at radius 1 is 1.35 bits per heavy atom. The average Bonchev–Trinajstić information content (AvgIpc) is 2.43. The fraction of sp³-hybridized carbons (Fsp3) is 0.500. The lowest BCUT2D eigenvalue weighted by molar-refractivity contribution is 0.0531. The average molecular weight is 286 g/mol. The van der Waals surface area contributed by atoms with Crippen LogP contribution >= 0.6 is 0 Å². The summed E-state index contributed by atoms with van der Waals surface area (Å²) in [5.41, 5.74) is 5.50. The maximum Gasteiger partial charge on any atom is 0.254 e. The summed E-state index contributed by atoms with van der Waals surface area (Å²) in [5.74, 6) is -4.56. The van der Waals surface area contributed by atoms with Crippen LogP contribution in [0.2, 0.25) is 0 Å². The fourth-order valence-corrected chi connectivity index (χ4v) is 2.71. The first kappa shape index (κ1) is 14.8. The van der Waals surface area contributed by atoms with E-state index in [9.17, 15) is 18.0 Å². The van der Waals surface area contributed by atoms with Gasteiger partial charge in [0.2, 0.25) is 0 Å². The number of halogens is 3. The number of nitrogens with two attached hydrogens (primary N) is 1. The number of carbonyl (C=O) groups excluding carboxylic acids is 1. The maximum atomic E-state index is 13.2. The van der Waals surface area contributed by atoms with Crippen molar-refractivity contribution in [1.82, 2.24) is 4.90 Å². The smallest absolute Gasteiger partial charge is 0.254 e. The van der Waals surface area contributed by atoms with E-state index in [1.54, 1.807) is 0 Å². The topological polar surface area (TPSA) is 46.3 Å². The van der Waals surface area contributed by atoms with Crippen LogP contribution in [0.15, 0.2) is 12.1 Å². The number of nitrogens with zero attached hydrogens (tertiary/aromatic N) is 1. The van der Waals surface area contributed by atoms with Gasteiger partial charge in [0.05, 0.1) is 0 Å². The van der Waals surface area contributed by atoms with Crippen molar-refractivity contribution in [3.05, 3.63) is 35.1 Å². The minimum atomic E-state index is -1.57. The summed E-state index contributed by atoms with van der Waals surface area (Å²) in [5, 5.41) is 0. The summed E-state index contributed by atoms with van der Waals surface area (Å²) in [6, 6.07) is 1.30. The molecule has 0 saturated carbocycles. The summed E-state index contributed by atoms with van der Waals surface area (Å²) in [7, 11) is 0. The van der Waals surface area contributed by atoms with Gasteiger partial charge in [-0.2, -0.15) is 0 Å². The number of hydrogen-bond acceptors (Lipinski definition) is 2. The van der Waals surface area contributed by atoms with E-state index in [-0.39, 0.29) is 17.5 Å². The molecule has 20 heavy (non-hydrogen) atoms. The molecule has 1 fully saturated rings. The van der Waals surface area contributed by atoms with Gasteiger partial charge in [0, 0.05) is 24.7 Å². The van der Waals surface area contributed by atoms with E-state index in [4.69, 9.17) is 5.73 Å². The van der Waals surface area contributed by atoms with Crippen molar-refractivity contribution in [1.29, 1.82) is 0 Å². The minimum absolute atomic E-state index is 0.160. The molecule has 1 aromatic carbocycles. The first-order valence-electron chi connectivity index (χ1n) is 6.61. The van der Waals surface area contributed by atoms with Crippen LogP contribution in [0.1, 0.15) is 30.1 Å². The van der Waals surface area contributed by atoms with Gasteiger partial charge >= 0.3 is 0 Å². The van der Waals surface area contributed by atoms with E-state index >= 15 is 0 Å². The van der Waals surface area contributed by atoms with Gasteiger partial charge in [-0.05, 0) is 30.9 Å². The number of rotatable bonds is 2. The SMILES string of the molecule is C[C@@H]1CCCN(C(=O)c2cc(F)c(F)c(F)c2)[C@@H]1CN. The Morgan fingerprint density at radius 2 is 1.95 bits per heavy atom. The minimum Gasteiger partial charge on any atom is -0.334 e. The van der Waals surface area contributed by atoms with E-state index in [1.165, 1.54) is 4.90 Å². The number of amides is 1. The molecule has 3 nitrogen and oxygen atoms in total. The van der Waals surface area contributed by atoms with Crippen molar-refractivity contribution >= 4 is 5.91 Å². The molecule has 110 valence electrons. The van der Waals surface area contributed by atoms with Crippen molar-refractivity contribution in [3.63, 3.8) is 0 Å². The molecule has 0 bridgehead atoms. The fourth-order valence-electron chi connectivity index (χ4n) is 2.71. The molecule has 1 aliphatic heterocycles. The Balaban J connectivity index is 2.30. The van der Waals surface area contributed by atoms with Crippen LogP contribution in [0.5, 0.6) is 0 Å². The largest absolute Gasteiger partial charge is 0.334 e. The highest BCUT2D eigenvalue weighted by Crippen LogP contribution is 2.25. The predicted octanol–water partition coefficient (Wildman–Crippen LogP) is 2.30. The van der Waals surface area contributed by atoms with E-state index in [2.05, 4.69) is 0 Å². The number of hydrogen-bond donors (Lipinski definition) is 1. The second-order valence-electron chi connectivity index (χ2n) is 5.17. The van der Waals surface area contributed by atoms with Gasteiger partial charge in [-0.3, -0.25) is 4.79 Å². The van der Waals surface area contributed by atoms with E-state index in [0.29, 0.717) is 13.1 Å². The lowest BCUT2D eigenvalue weighted by atomic mass is 9.90. The van der Waals surface area contributed by atoms with Crippen molar-refractivity contribution in [3.8, 4) is 0 Å². The number of piperidine rings is 1. The second kappa shape index (κ2) is 5.83. The van der Waals surface area contributed by atoms with Crippen LogP contribution in [0.25, 0.3) is 0 Å². The summed E-state index contributed by atoms with van der Waals surface area (Å²) >= 11 is 0. The van der Waals surface area contributed by atoms with Crippen LogP contribution in [-0.2, 0) is 0 Å². The zero-order valence-electron chi connectivity index (χ0n) is 11.2. The zero-order chi connectivity index (χ0) is 14.9. The normalized spacial score (nSPS) is 22.9. The zero-order valence-corrected chi connectivity index (χ0v) is 11.2. The van der Waals surface area contributed by atoms with Gasteiger partial charge < -0.3 is 10.6 Å². The molecule has 2 N–H and O–H groups in total. The van der Waals surface area contributed by atoms with Gasteiger partial charge in [0.15, 0.2) is 17.5 Å². The molecule has 0 spiro atoms. The standard InChI is InChI=1S/C14H17F3N2O/c1-8-3-2-4-19(12(8)7-18)14(20)9-5-10(15)13(17)11(16)6-9/h5-6,8,12H,2-4,7,18H2,1H3/t8-,12-/m1/s1. The molecule has 2 atom stereocenters. The van der Waals surface area contributed by atoms with Gasteiger partial charge in [-0.15, -0.1) is 0 Å². The van der Waals surface area contributed by atoms with Crippen LogP contribution in [0.3, 0.4) is 0 Å². The Labute approximate surface area is 115 Å². The molecule has 0 aromatic heterocycles. The number of carbonyl (C=O) groups is 1. The first-order chi connectivity index (χ1) is 9.45. The summed E-state index contributed by atoms with van der Waals surface area (Å²) in [6.45, 7) is 2.77. The third-order valence-corrected chi connectivity index (χ3v) is 3.85. The summed E-state index contributed by atoms with van der Waals surface area (Å²) in [6.07, 6.45) is 1.77. The summed E-state index contributed by atoms with van der Waals surface area (Å²) < 4.78 is 39.4. The molecule has 6 heteroatoms. The van der Waals surface area contributed by atoms with Crippen LogP contribution in [0.4, 0.5) is 13.2 Å². The van der Waals surface area contributed by atoms with E-state index in [0.717, 1.165) is 25.0 Å². The van der Waals surface area contributed by atoms with Crippen LogP contribution < -0.4 is 5.73 Å². The highest BCUT2D eigenvalue weighted by atomic mass is 19.2. The Kier molecular flexibility index (Phi) is 4.32. The lowest BCUT2D eigenvalue weighted by Gasteiger charge is -2.39. The number of likely N-dealkylation sites (tertiary alicyclic amines) is 1. The Morgan fingerprint density at radius 3 is 2.50 bits per heavy atom. The monoisotopic (exact) mass is 286 g/mol. The Bertz CT molecular complexity index is 498. The van der Waals surface area contributed by atoms with Gasteiger partial charge in [0.1, 0.15) is 0 Å². The highest BCUT2D eigenvalue weighted by Gasteiger charge is 2.32. The molecule has 2 rings (SSSR count). The molecule has 1 aliphatic rings. The lowest BCUT2D eigenvalue weighted by Crippen LogP contribution is -2.51. The molecule has 1 heterocycles. The molecular weight excluding hydrogens is 269 g/mol. The molecule has 0 radical (unpaired) electrons. The Hall–Kier alpha value is -1.56. The van der Waals surface area contributed by atoms with Crippen molar-refractivity contribution < 1.29 is 18.0 Å². The summed E-state index contributed by atoms with van der Waals surface area (Å²) in [4.78, 5) is 13.9. The van der Waals surface area contributed by atoms with Crippen LogP contribution in [0, 0.1) is 23.4 Å². The first-order valence-corrected chi connectivity index (χ1v) is 6.61. The van der Waals surface area contributed by atoms with E-state index in [1.807, 2.05) is 6.92 Å². The van der Waals surface area contributed by atoms with Crippen molar-refractivity contribution in [2.24, 2.45) is 11.7 Å². The molecule has 0 unspecified atom stereocenters. The number of benzene rings is 1. The molecule has 1 aromatic rings. The quantitative estimate of drug-likeness (QED) is 0.848. The third-order valence-electron chi connectivity index (χ3n) is 3.85. The van der Waals surface area contributed by atoms with Gasteiger partial charge in [-0.1, -0.05) is 6.92 Å². The highest BCUT2D eigenvalue weighted by molar-refractivity contribution is 5.94. The predicted molar refractivity (Wildman–Crippen MR) is 68.6 cm³/mol. The van der Waals surface area contributed by atoms with Crippen molar-refractivity contribution in [2.75, 3.05) is 13.1 Å². The molecule has 1 saturated heterocycles. The second-order valence-corrected chi connectivity index (χ2v) is 5.17. The van der Waals surface area contributed by atoms with Gasteiger partial charge in [0.25, 0.3) is 5.91 Å². The van der Waals surface area contributed by atoms with Crippen molar-refractivity contribution in [2.45, 2.75) is 25.8 Å². The van der Waals surface area contributed by atoms with Gasteiger partial charge in [-0.25, -0.2) is 13.2 Å². The van der Waals surface area contributed by atoms with E-state index < -0.39 is 23.4 Å². The molecule has 1 amide bonds.